The summed E-state index contributed by atoms with van der Waals surface area (Å²) in [6.45, 7) is 2.62. The average molecular weight is 213 g/mol. The van der Waals surface area contributed by atoms with E-state index in [1.54, 1.807) is 10.8 Å². The van der Waals surface area contributed by atoms with E-state index in [4.69, 9.17) is 0 Å². The maximum absolute atomic E-state index is 11.6. The van der Waals surface area contributed by atoms with Crippen LogP contribution in [0.25, 0.3) is 21.9 Å². The van der Waals surface area contributed by atoms with Gasteiger partial charge in [0, 0.05) is 18.1 Å². The smallest absolute Gasteiger partial charge is 0.306 e. The van der Waals surface area contributed by atoms with Crippen LogP contribution in [-0.4, -0.2) is 14.5 Å². The first kappa shape index (κ1) is 9.15. The van der Waals surface area contributed by atoms with Crippen LogP contribution in [0.15, 0.2) is 35.3 Å². The number of hydrogen-bond donors (Lipinski definition) is 1. The van der Waals surface area contributed by atoms with Crippen molar-refractivity contribution in [3.05, 3.63) is 40.9 Å². The molecule has 2 aromatic heterocycles. The van der Waals surface area contributed by atoms with E-state index in [0.29, 0.717) is 6.54 Å². The third-order valence-corrected chi connectivity index (χ3v) is 2.81. The Bertz CT molecular complexity index is 724. The Morgan fingerprint density at radius 1 is 1.44 bits per heavy atom. The van der Waals surface area contributed by atoms with Crippen molar-refractivity contribution in [1.82, 2.24) is 14.5 Å². The molecule has 0 spiro atoms. The Labute approximate surface area is 91.5 Å². The van der Waals surface area contributed by atoms with Gasteiger partial charge in [0.1, 0.15) is 0 Å². The number of fused-ring (bicyclic) bond motifs is 2. The number of aryl methyl sites for hydroxylation is 1. The van der Waals surface area contributed by atoms with Crippen molar-refractivity contribution in [2.24, 2.45) is 0 Å². The standard InChI is InChI=1S/C12H11N3O/c1-2-15-11-7-9-8(4-3-5-13-9)6-10(11)14-12(15)16/h3-7H,2H2,1H3,(H,14,16). The predicted octanol–water partition coefficient (Wildman–Crippen LogP) is 1.90. The van der Waals surface area contributed by atoms with E-state index in [9.17, 15) is 4.79 Å². The second kappa shape index (κ2) is 3.20. The second-order valence-corrected chi connectivity index (χ2v) is 3.74. The third-order valence-electron chi connectivity index (χ3n) is 2.81. The van der Waals surface area contributed by atoms with Gasteiger partial charge in [0.15, 0.2) is 0 Å². The van der Waals surface area contributed by atoms with Gasteiger partial charge in [-0.15, -0.1) is 0 Å². The minimum absolute atomic E-state index is 0.0622. The fourth-order valence-electron chi connectivity index (χ4n) is 2.04. The van der Waals surface area contributed by atoms with Gasteiger partial charge in [-0.3, -0.25) is 9.55 Å². The minimum atomic E-state index is -0.0622. The molecule has 0 aliphatic rings. The molecule has 3 aromatic rings. The highest BCUT2D eigenvalue weighted by molar-refractivity contribution is 5.92. The first-order valence-corrected chi connectivity index (χ1v) is 5.27. The highest BCUT2D eigenvalue weighted by Gasteiger charge is 2.06. The molecule has 3 rings (SSSR count). The van der Waals surface area contributed by atoms with Gasteiger partial charge in [-0.1, -0.05) is 6.07 Å². The summed E-state index contributed by atoms with van der Waals surface area (Å²) >= 11 is 0. The third kappa shape index (κ3) is 1.16. The van der Waals surface area contributed by atoms with Gasteiger partial charge in [-0.05, 0) is 25.1 Å². The van der Waals surface area contributed by atoms with Crippen molar-refractivity contribution >= 4 is 21.9 Å². The average Bonchev–Trinajstić information content (AvgIpc) is 2.60. The van der Waals surface area contributed by atoms with Crippen molar-refractivity contribution in [3.8, 4) is 0 Å². The molecule has 0 saturated heterocycles. The van der Waals surface area contributed by atoms with Gasteiger partial charge >= 0.3 is 5.69 Å². The number of H-pyrrole nitrogens is 1. The van der Waals surface area contributed by atoms with Crippen LogP contribution in [0.1, 0.15) is 6.92 Å². The number of rotatable bonds is 1. The van der Waals surface area contributed by atoms with Crippen molar-refractivity contribution in [1.29, 1.82) is 0 Å². The number of benzene rings is 1. The summed E-state index contributed by atoms with van der Waals surface area (Å²) in [4.78, 5) is 18.8. The largest absolute Gasteiger partial charge is 0.326 e. The zero-order valence-electron chi connectivity index (χ0n) is 8.90. The van der Waals surface area contributed by atoms with E-state index in [1.165, 1.54) is 0 Å². The molecule has 4 nitrogen and oxygen atoms in total. The van der Waals surface area contributed by atoms with E-state index in [1.807, 2.05) is 31.2 Å². The van der Waals surface area contributed by atoms with E-state index >= 15 is 0 Å². The quantitative estimate of drug-likeness (QED) is 0.671. The fraction of sp³-hybridized carbons (Fsp3) is 0.167. The fourth-order valence-corrected chi connectivity index (χ4v) is 2.04. The first-order valence-electron chi connectivity index (χ1n) is 5.27. The zero-order chi connectivity index (χ0) is 11.1. The normalized spacial score (nSPS) is 11.3. The van der Waals surface area contributed by atoms with Crippen LogP contribution in [0.5, 0.6) is 0 Å². The molecule has 0 aliphatic carbocycles. The molecule has 0 aliphatic heterocycles. The molecule has 0 fully saturated rings. The maximum atomic E-state index is 11.6. The Morgan fingerprint density at radius 2 is 2.31 bits per heavy atom. The van der Waals surface area contributed by atoms with Gasteiger partial charge in [0.25, 0.3) is 0 Å². The van der Waals surface area contributed by atoms with E-state index < -0.39 is 0 Å². The number of aromatic amines is 1. The number of pyridine rings is 1. The SMILES string of the molecule is CCn1c(=O)[nH]c2cc3cccnc3cc21. The molecule has 0 unspecified atom stereocenters. The summed E-state index contributed by atoms with van der Waals surface area (Å²) < 4.78 is 1.71. The lowest BCUT2D eigenvalue weighted by Gasteiger charge is -1.99. The van der Waals surface area contributed by atoms with Gasteiger partial charge < -0.3 is 4.98 Å². The number of hydrogen-bond acceptors (Lipinski definition) is 2. The minimum Gasteiger partial charge on any atom is -0.306 e. The van der Waals surface area contributed by atoms with Crippen molar-refractivity contribution in [2.75, 3.05) is 0 Å². The first-order chi connectivity index (χ1) is 7.79. The topological polar surface area (TPSA) is 50.7 Å². The predicted molar refractivity (Wildman–Crippen MR) is 63.5 cm³/mol. The Morgan fingerprint density at radius 3 is 3.12 bits per heavy atom. The van der Waals surface area contributed by atoms with Gasteiger partial charge in [-0.2, -0.15) is 0 Å². The molecule has 0 amide bonds. The Hall–Kier alpha value is -2.10. The highest BCUT2D eigenvalue weighted by Crippen LogP contribution is 2.18. The number of nitrogens with zero attached hydrogens (tertiary/aromatic N) is 2. The van der Waals surface area contributed by atoms with Gasteiger partial charge in [-0.25, -0.2) is 4.79 Å². The summed E-state index contributed by atoms with van der Waals surface area (Å²) in [7, 11) is 0. The Kier molecular flexibility index (Phi) is 1.83. The summed E-state index contributed by atoms with van der Waals surface area (Å²) in [6, 6.07) is 7.80. The lowest BCUT2D eigenvalue weighted by atomic mass is 10.2. The van der Waals surface area contributed by atoms with Crippen LogP contribution in [0.4, 0.5) is 0 Å². The van der Waals surface area contributed by atoms with E-state index in [2.05, 4.69) is 9.97 Å². The molecule has 4 heteroatoms. The van der Waals surface area contributed by atoms with E-state index in [-0.39, 0.29) is 5.69 Å². The van der Waals surface area contributed by atoms with Gasteiger partial charge in [0.05, 0.1) is 16.6 Å². The molecular formula is C12H11N3O. The highest BCUT2D eigenvalue weighted by atomic mass is 16.1. The number of nitrogens with one attached hydrogen (secondary N) is 1. The molecule has 0 radical (unpaired) electrons. The van der Waals surface area contributed by atoms with Crippen LogP contribution in [0, 0.1) is 0 Å². The van der Waals surface area contributed by atoms with Gasteiger partial charge in [0.2, 0.25) is 0 Å². The summed E-state index contributed by atoms with van der Waals surface area (Å²) in [5, 5.41) is 1.04. The molecule has 80 valence electrons. The van der Waals surface area contributed by atoms with Crippen LogP contribution >= 0.6 is 0 Å². The molecule has 16 heavy (non-hydrogen) atoms. The molecular weight excluding hydrogens is 202 g/mol. The molecule has 2 heterocycles. The second-order valence-electron chi connectivity index (χ2n) is 3.74. The van der Waals surface area contributed by atoms with Crippen LogP contribution in [-0.2, 0) is 6.54 Å². The van der Waals surface area contributed by atoms with Crippen LogP contribution < -0.4 is 5.69 Å². The summed E-state index contributed by atoms with van der Waals surface area (Å²) in [5.41, 5.74) is 2.63. The monoisotopic (exact) mass is 213 g/mol. The summed E-state index contributed by atoms with van der Waals surface area (Å²) in [5.74, 6) is 0. The van der Waals surface area contributed by atoms with Crippen molar-refractivity contribution in [3.63, 3.8) is 0 Å². The van der Waals surface area contributed by atoms with E-state index in [0.717, 1.165) is 21.9 Å². The van der Waals surface area contributed by atoms with Crippen molar-refractivity contribution in [2.45, 2.75) is 13.5 Å². The molecule has 0 saturated carbocycles. The molecule has 1 aromatic carbocycles. The molecule has 0 atom stereocenters. The van der Waals surface area contributed by atoms with Crippen LogP contribution in [0.2, 0.25) is 0 Å². The maximum Gasteiger partial charge on any atom is 0.326 e. The van der Waals surface area contributed by atoms with Crippen LogP contribution in [0.3, 0.4) is 0 Å². The molecule has 1 N–H and O–H groups in total. The van der Waals surface area contributed by atoms with Crippen molar-refractivity contribution < 1.29 is 0 Å². The number of imidazole rings is 1. The molecule has 0 bridgehead atoms. The lowest BCUT2D eigenvalue weighted by molar-refractivity contribution is 0.753. The Balaban J connectivity index is 2.51. The number of aromatic nitrogens is 3. The lowest BCUT2D eigenvalue weighted by Crippen LogP contribution is -2.14. The zero-order valence-corrected chi connectivity index (χ0v) is 8.90. The summed E-state index contributed by atoms with van der Waals surface area (Å²) in [6.07, 6.45) is 1.76.